The van der Waals surface area contributed by atoms with Gasteiger partial charge in [0.1, 0.15) is 6.10 Å². The van der Waals surface area contributed by atoms with Crippen LogP contribution in [0.15, 0.2) is 72.1 Å². The molecule has 7 nitrogen and oxygen atoms in total. The molecule has 0 bridgehead atoms. The molecule has 33 heavy (non-hydrogen) atoms. The highest BCUT2D eigenvalue weighted by Crippen LogP contribution is 2.33. The normalized spacial score (nSPS) is 27.4. The van der Waals surface area contributed by atoms with E-state index in [1.54, 1.807) is 0 Å². The van der Waals surface area contributed by atoms with Gasteiger partial charge < -0.3 is 24.7 Å². The van der Waals surface area contributed by atoms with Gasteiger partial charge in [0.25, 0.3) is 5.91 Å². The van der Waals surface area contributed by atoms with Crippen LogP contribution in [0.5, 0.6) is 0 Å². The number of fused-ring (bicyclic) bond motifs is 1. The molecule has 2 aromatic rings. The standard InChI is InChI=1S/C26H32N4O3/c1-18-15-29-22(13-27-18)23(14-28-29)30-19(2)24(32-16-20-9-5-3-6-10-20)25(26(30)31)33-17-21-11-7-4-8-12-21/h3-12,18-19,24-25,27-28H,13-17H2,1-2H3/t18-,19+,24+,25-/m0/s1. The Morgan fingerprint density at radius 2 is 1.52 bits per heavy atom. The van der Waals surface area contributed by atoms with Crippen molar-refractivity contribution in [1.82, 2.24) is 20.7 Å². The molecule has 0 radical (unpaired) electrons. The summed E-state index contributed by atoms with van der Waals surface area (Å²) >= 11 is 0. The van der Waals surface area contributed by atoms with Gasteiger partial charge >= 0.3 is 0 Å². The van der Waals surface area contributed by atoms with Crippen molar-refractivity contribution in [2.24, 2.45) is 0 Å². The summed E-state index contributed by atoms with van der Waals surface area (Å²) in [5, 5.41) is 5.69. The minimum Gasteiger partial charge on any atom is -0.368 e. The second kappa shape index (κ2) is 9.65. The molecular weight excluding hydrogens is 416 g/mol. The molecule has 0 saturated carbocycles. The van der Waals surface area contributed by atoms with Gasteiger partial charge in [-0.05, 0) is 25.0 Å². The number of benzene rings is 2. The van der Waals surface area contributed by atoms with Crippen LogP contribution in [-0.2, 0) is 27.5 Å². The molecule has 3 heterocycles. The van der Waals surface area contributed by atoms with Gasteiger partial charge in [-0.25, -0.2) is 5.43 Å². The Labute approximate surface area is 195 Å². The van der Waals surface area contributed by atoms with E-state index in [1.807, 2.05) is 65.6 Å². The predicted octanol–water partition coefficient (Wildman–Crippen LogP) is 2.41. The summed E-state index contributed by atoms with van der Waals surface area (Å²) in [5.41, 5.74) is 7.73. The van der Waals surface area contributed by atoms with Crippen LogP contribution in [0.4, 0.5) is 0 Å². The molecule has 3 aliphatic rings. The number of amides is 1. The molecule has 2 aromatic carbocycles. The number of nitrogens with one attached hydrogen (secondary N) is 2. The first-order valence-electron chi connectivity index (χ1n) is 11.7. The Hall–Kier alpha value is -2.71. The molecule has 2 fully saturated rings. The number of rotatable bonds is 7. The summed E-state index contributed by atoms with van der Waals surface area (Å²) in [5.74, 6) is -0.0266. The minimum absolute atomic E-state index is 0.0266. The lowest BCUT2D eigenvalue weighted by molar-refractivity contribution is -0.141. The van der Waals surface area contributed by atoms with Crippen LogP contribution >= 0.6 is 0 Å². The number of hydrogen-bond acceptors (Lipinski definition) is 6. The van der Waals surface area contributed by atoms with Gasteiger partial charge in [-0.3, -0.25) is 4.79 Å². The Kier molecular flexibility index (Phi) is 6.46. The summed E-state index contributed by atoms with van der Waals surface area (Å²) in [6, 6.07) is 20.3. The molecule has 174 valence electrons. The van der Waals surface area contributed by atoms with Gasteiger partial charge in [0.05, 0.1) is 37.2 Å². The van der Waals surface area contributed by atoms with E-state index in [9.17, 15) is 4.79 Å². The quantitative estimate of drug-likeness (QED) is 0.678. The van der Waals surface area contributed by atoms with Crippen LogP contribution in [0, 0.1) is 0 Å². The van der Waals surface area contributed by atoms with Crippen molar-refractivity contribution in [1.29, 1.82) is 0 Å². The highest BCUT2D eigenvalue weighted by atomic mass is 16.5. The van der Waals surface area contributed by atoms with Crippen molar-refractivity contribution in [3.63, 3.8) is 0 Å². The maximum atomic E-state index is 13.7. The monoisotopic (exact) mass is 448 g/mol. The van der Waals surface area contributed by atoms with E-state index in [2.05, 4.69) is 29.6 Å². The third-order valence-electron chi connectivity index (χ3n) is 6.68. The molecule has 1 amide bonds. The molecule has 0 aromatic heterocycles. The molecule has 0 aliphatic carbocycles. The zero-order chi connectivity index (χ0) is 22.8. The van der Waals surface area contributed by atoms with E-state index in [1.165, 1.54) is 0 Å². The maximum absolute atomic E-state index is 13.7. The fourth-order valence-electron chi connectivity index (χ4n) is 4.91. The maximum Gasteiger partial charge on any atom is 0.259 e. The average molecular weight is 449 g/mol. The van der Waals surface area contributed by atoms with Crippen molar-refractivity contribution < 1.29 is 14.3 Å². The molecule has 5 rings (SSSR count). The predicted molar refractivity (Wildman–Crippen MR) is 126 cm³/mol. The lowest BCUT2D eigenvalue weighted by Crippen LogP contribution is -2.50. The average Bonchev–Trinajstić information content (AvgIpc) is 3.34. The summed E-state index contributed by atoms with van der Waals surface area (Å²) in [4.78, 5) is 15.6. The fourth-order valence-corrected chi connectivity index (χ4v) is 4.91. The van der Waals surface area contributed by atoms with Crippen molar-refractivity contribution in [3.05, 3.63) is 83.2 Å². The van der Waals surface area contributed by atoms with Crippen LogP contribution < -0.4 is 10.7 Å². The van der Waals surface area contributed by atoms with Gasteiger partial charge in [-0.15, -0.1) is 0 Å². The molecule has 2 saturated heterocycles. The first-order valence-corrected chi connectivity index (χ1v) is 11.7. The van der Waals surface area contributed by atoms with Gasteiger partial charge in [-0.2, -0.15) is 0 Å². The van der Waals surface area contributed by atoms with Crippen molar-refractivity contribution in [3.8, 4) is 0 Å². The van der Waals surface area contributed by atoms with Gasteiger partial charge in [0, 0.05) is 19.1 Å². The smallest absolute Gasteiger partial charge is 0.259 e. The summed E-state index contributed by atoms with van der Waals surface area (Å²) in [6.45, 7) is 7.30. The second-order valence-corrected chi connectivity index (χ2v) is 9.05. The number of likely N-dealkylation sites (tertiary alicyclic amines) is 1. The molecule has 3 aliphatic heterocycles. The van der Waals surface area contributed by atoms with Crippen LogP contribution in [-0.4, -0.2) is 59.7 Å². The van der Waals surface area contributed by atoms with Crippen molar-refractivity contribution in [2.45, 2.75) is 51.4 Å². The zero-order valence-corrected chi connectivity index (χ0v) is 19.2. The van der Waals surface area contributed by atoms with E-state index in [-0.39, 0.29) is 18.1 Å². The van der Waals surface area contributed by atoms with Crippen LogP contribution in [0.2, 0.25) is 0 Å². The van der Waals surface area contributed by atoms with Crippen LogP contribution in [0.3, 0.4) is 0 Å². The second-order valence-electron chi connectivity index (χ2n) is 9.05. The number of carbonyl (C=O) groups excluding carboxylic acids is 1. The third kappa shape index (κ3) is 4.54. The van der Waals surface area contributed by atoms with Crippen LogP contribution in [0.1, 0.15) is 25.0 Å². The van der Waals surface area contributed by atoms with Gasteiger partial charge in [0.2, 0.25) is 0 Å². The van der Waals surface area contributed by atoms with E-state index in [0.29, 0.717) is 25.8 Å². The third-order valence-corrected chi connectivity index (χ3v) is 6.68. The first kappa shape index (κ1) is 22.1. The Bertz CT molecular complexity index is 997. The highest BCUT2D eigenvalue weighted by molar-refractivity contribution is 5.86. The first-order chi connectivity index (χ1) is 16.1. The number of nitrogens with zero attached hydrogens (tertiary/aromatic N) is 2. The van der Waals surface area contributed by atoms with Crippen molar-refractivity contribution in [2.75, 3.05) is 19.6 Å². The molecule has 7 heteroatoms. The van der Waals surface area contributed by atoms with E-state index < -0.39 is 6.10 Å². The van der Waals surface area contributed by atoms with Gasteiger partial charge in [0.15, 0.2) is 6.10 Å². The molecule has 0 spiro atoms. The fraction of sp³-hybridized carbons (Fsp3) is 0.423. The Morgan fingerprint density at radius 3 is 2.18 bits per heavy atom. The summed E-state index contributed by atoms with van der Waals surface area (Å²) in [7, 11) is 0. The van der Waals surface area contributed by atoms with Crippen LogP contribution in [0.25, 0.3) is 0 Å². The van der Waals surface area contributed by atoms with E-state index >= 15 is 0 Å². The number of piperazine rings is 1. The molecular formula is C26H32N4O3. The number of ether oxygens (including phenoxy) is 2. The number of hydrazine groups is 1. The largest absolute Gasteiger partial charge is 0.368 e. The zero-order valence-electron chi connectivity index (χ0n) is 19.2. The molecule has 4 atom stereocenters. The molecule has 0 unspecified atom stereocenters. The SMILES string of the molecule is C[C@@H]1[C@@H](OCc2ccccc2)[C@H](OCc2ccccc2)C(=O)N1C1=C2CN[C@@H](C)CN2NC1. The molecule has 2 N–H and O–H groups in total. The van der Waals surface area contributed by atoms with E-state index in [0.717, 1.165) is 35.6 Å². The highest BCUT2D eigenvalue weighted by Gasteiger charge is 2.50. The van der Waals surface area contributed by atoms with Crippen molar-refractivity contribution >= 4 is 5.91 Å². The summed E-state index contributed by atoms with van der Waals surface area (Å²) < 4.78 is 12.6. The summed E-state index contributed by atoms with van der Waals surface area (Å²) in [6.07, 6.45) is -1.01. The topological polar surface area (TPSA) is 66.1 Å². The Balaban J connectivity index is 1.38. The lowest BCUT2D eigenvalue weighted by atomic mass is 10.1. The Morgan fingerprint density at radius 1 is 0.879 bits per heavy atom. The van der Waals surface area contributed by atoms with Gasteiger partial charge in [-0.1, -0.05) is 60.7 Å². The lowest BCUT2D eigenvalue weighted by Gasteiger charge is -2.33. The minimum atomic E-state index is -0.651. The van der Waals surface area contributed by atoms with E-state index in [4.69, 9.17) is 9.47 Å². The number of hydrogen-bond donors (Lipinski definition) is 2. The number of carbonyl (C=O) groups is 1.